The molecule has 0 aromatic rings. The Kier molecular flexibility index (Phi) is 5.81. The smallest absolute Gasteiger partial charge is 0.318 e. The van der Waals surface area contributed by atoms with Gasteiger partial charge < -0.3 is 20.3 Å². The van der Waals surface area contributed by atoms with E-state index in [0.29, 0.717) is 0 Å². The number of rotatable bonds is 3. The highest BCUT2D eigenvalue weighted by Gasteiger charge is 2.46. The van der Waals surface area contributed by atoms with Gasteiger partial charge in [0.1, 0.15) is 6.04 Å². The molecule has 7 nitrogen and oxygen atoms in total. The highest BCUT2D eigenvalue weighted by atomic mass is 16.5. The quantitative estimate of drug-likeness (QED) is 0.758. The molecule has 0 spiro atoms. The van der Waals surface area contributed by atoms with E-state index in [1.54, 1.807) is 4.90 Å². The van der Waals surface area contributed by atoms with Crippen molar-refractivity contribution in [3.63, 3.8) is 0 Å². The van der Waals surface area contributed by atoms with Crippen molar-refractivity contribution >= 4 is 17.9 Å². The fourth-order valence-electron chi connectivity index (χ4n) is 4.47. The number of ether oxygens (including phenoxy) is 1. The molecule has 3 rings (SSSR count). The molecule has 7 heteroatoms. The summed E-state index contributed by atoms with van der Waals surface area (Å²) >= 11 is 0. The predicted octanol–water partition coefficient (Wildman–Crippen LogP) is 1.70. The Hall–Kier alpha value is -1.79. The van der Waals surface area contributed by atoms with Gasteiger partial charge in [-0.1, -0.05) is 32.1 Å². The molecule has 0 bridgehead atoms. The van der Waals surface area contributed by atoms with Gasteiger partial charge in [-0.05, 0) is 25.7 Å². The van der Waals surface area contributed by atoms with E-state index in [2.05, 4.69) is 10.6 Å². The van der Waals surface area contributed by atoms with Gasteiger partial charge in [-0.25, -0.2) is 4.79 Å². The summed E-state index contributed by atoms with van der Waals surface area (Å²) in [7, 11) is 1.30. The lowest BCUT2D eigenvalue weighted by molar-refractivity contribution is -0.147. The monoisotopic (exact) mass is 351 g/mol. The van der Waals surface area contributed by atoms with Crippen LogP contribution in [0.1, 0.15) is 64.2 Å². The SMILES string of the molecule is COC(=O)C[C@@H]1C(=O)N[C@H]2CCCC[C@@H]2N1C(=O)NC1CCCCC1. The number of hydrogen-bond donors (Lipinski definition) is 2. The molecular formula is C18H29N3O4. The topological polar surface area (TPSA) is 87.7 Å². The highest BCUT2D eigenvalue weighted by Crippen LogP contribution is 2.30. The van der Waals surface area contributed by atoms with Crippen LogP contribution in [0.2, 0.25) is 0 Å². The predicted molar refractivity (Wildman–Crippen MR) is 91.9 cm³/mol. The number of piperazine rings is 1. The number of nitrogens with zero attached hydrogens (tertiary/aromatic N) is 1. The largest absolute Gasteiger partial charge is 0.469 e. The number of amides is 3. The van der Waals surface area contributed by atoms with Crippen LogP contribution >= 0.6 is 0 Å². The number of hydrogen-bond acceptors (Lipinski definition) is 4. The minimum Gasteiger partial charge on any atom is -0.469 e. The van der Waals surface area contributed by atoms with E-state index in [0.717, 1.165) is 51.4 Å². The Bertz CT molecular complexity index is 518. The molecule has 2 N–H and O–H groups in total. The van der Waals surface area contributed by atoms with Crippen molar-refractivity contribution in [3.8, 4) is 0 Å². The Morgan fingerprint density at radius 3 is 2.52 bits per heavy atom. The number of methoxy groups -OCH3 is 1. The fraction of sp³-hybridized carbons (Fsp3) is 0.833. The molecule has 1 aliphatic heterocycles. The van der Waals surface area contributed by atoms with Crippen LogP contribution in [0.4, 0.5) is 4.79 Å². The maximum atomic E-state index is 13.0. The van der Waals surface area contributed by atoms with E-state index in [-0.39, 0.29) is 36.5 Å². The second kappa shape index (κ2) is 8.06. The molecule has 3 fully saturated rings. The summed E-state index contributed by atoms with van der Waals surface area (Å²) in [6, 6.07) is -0.855. The number of fused-ring (bicyclic) bond motifs is 1. The Balaban J connectivity index is 1.77. The zero-order valence-corrected chi connectivity index (χ0v) is 15.0. The van der Waals surface area contributed by atoms with Crippen molar-refractivity contribution in [3.05, 3.63) is 0 Å². The van der Waals surface area contributed by atoms with Crippen molar-refractivity contribution in [1.29, 1.82) is 0 Å². The first-order valence-electron chi connectivity index (χ1n) is 9.56. The summed E-state index contributed by atoms with van der Waals surface area (Å²) in [5.74, 6) is -0.711. The second-order valence-corrected chi connectivity index (χ2v) is 7.45. The summed E-state index contributed by atoms with van der Waals surface area (Å²) in [5, 5.41) is 6.14. The maximum Gasteiger partial charge on any atom is 0.318 e. The number of carbonyl (C=O) groups is 3. The number of carbonyl (C=O) groups excluding carboxylic acids is 3. The van der Waals surface area contributed by atoms with Gasteiger partial charge in [0.15, 0.2) is 0 Å². The van der Waals surface area contributed by atoms with Crippen molar-refractivity contribution < 1.29 is 19.1 Å². The molecule has 2 saturated carbocycles. The van der Waals surface area contributed by atoms with E-state index in [1.165, 1.54) is 13.5 Å². The van der Waals surface area contributed by atoms with Crippen LogP contribution in [0.15, 0.2) is 0 Å². The lowest BCUT2D eigenvalue weighted by atomic mass is 9.85. The third-order valence-corrected chi connectivity index (χ3v) is 5.81. The highest BCUT2D eigenvalue weighted by molar-refractivity contribution is 5.92. The normalized spacial score (nSPS) is 30.2. The third kappa shape index (κ3) is 4.07. The summed E-state index contributed by atoms with van der Waals surface area (Å²) < 4.78 is 4.74. The van der Waals surface area contributed by atoms with Crippen LogP contribution in [0, 0.1) is 0 Å². The molecular weight excluding hydrogens is 322 g/mol. The average molecular weight is 351 g/mol. The molecule has 1 saturated heterocycles. The third-order valence-electron chi connectivity index (χ3n) is 5.81. The van der Waals surface area contributed by atoms with Gasteiger partial charge in [-0.3, -0.25) is 9.59 Å². The Morgan fingerprint density at radius 1 is 1.12 bits per heavy atom. The van der Waals surface area contributed by atoms with E-state index >= 15 is 0 Å². The summed E-state index contributed by atoms with van der Waals surface area (Å²) in [4.78, 5) is 39.0. The zero-order valence-electron chi connectivity index (χ0n) is 15.0. The molecule has 3 atom stereocenters. The van der Waals surface area contributed by atoms with Gasteiger partial charge in [0, 0.05) is 12.1 Å². The van der Waals surface area contributed by atoms with Crippen molar-refractivity contribution in [2.75, 3.05) is 7.11 Å². The number of nitrogens with one attached hydrogen (secondary N) is 2. The van der Waals surface area contributed by atoms with E-state index in [1.807, 2.05) is 0 Å². The van der Waals surface area contributed by atoms with Crippen molar-refractivity contribution in [2.24, 2.45) is 0 Å². The minimum absolute atomic E-state index is 0.00717. The number of esters is 1. The first kappa shape index (κ1) is 18.0. The second-order valence-electron chi connectivity index (χ2n) is 7.45. The van der Waals surface area contributed by atoms with Gasteiger partial charge in [-0.15, -0.1) is 0 Å². The van der Waals surface area contributed by atoms with Crippen LogP contribution < -0.4 is 10.6 Å². The Labute approximate surface area is 148 Å². The lowest BCUT2D eigenvalue weighted by Gasteiger charge is -2.48. The van der Waals surface area contributed by atoms with Crippen LogP contribution in [0.3, 0.4) is 0 Å². The molecule has 0 aromatic heterocycles. The molecule has 140 valence electrons. The minimum atomic E-state index is -0.782. The average Bonchev–Trinajstić information content (AvgIpc) is 2.62. The molecule has 0 aromatic carbocycles. The van der Waals surface area contributed by atoms with Crippen molar-refractivity contribution in [2.45, 2.75) is 88.4 Å². The van der Waals surface area contributed by atoms with Gasteiger partial charge in [0.05, 0.1) is 19.6 Å². The lowest BCUT2D eigenvalue weighted by Crippen LogP contribution is -2.69. The summed E-state index contributed by atoms with van der Waals surface area (Å²) in [6.07, 6.45) is 9.19. The maximum absolute atomic E-state index is 13.0. The van der Waals surface area contributed by atoms with Crippen LogP contribution in [-0.2, 0) is 14.3 Å². The first-order valence-corrected chi connectivity index (χ1v) is 9.56. The van der Waals surface area contributed by atoms with E-state index in [9.17, 15) is 14.4 Å². The number of urea groups is 1. The van der Waals surface area contributed by atoms with E-state index in [4.69, 9.17) is 4.74 Å². The van der Waals surface area contributed by atoms with E-state index < -0.39 is 12.0 Å². The van der Waals surface area contributed by atoms with Gasteiger partial charge in [0.25, 0.3) is 0 Å². The zero-order chi connectivity index (χ0) is 17.8. The molecule has 0 radical (unpaired) electrons. The summed E-state index contributed by atoms with van der Waals surface area (Å²) in [6.45, 7) is 0. The van der Waals surface area contributed by atoms with Gasteiger partial charge in [-0.2, -0.15) is 0 Å². The molecule has 2 aliphatic carbocycles. The molecule has 0 unspecified atom stereocenters. The molecule has 1 heterocycles. The van der Waals surface area contributed by atoms with Crippen LogP contribution in [0.25, 0.3) is 0 Å². The molecule has 3 aliphatic rings. The molecule has 3 amide bonds. The van der Waals surface area contributed by atoms with Gasteiger partial charge in [0.2, 0.25) is 5.91 Å². The van der Waals surface area contributed by atoms with Gasteiger partial charge >= 0.3 is 12.0 Å². The van der Waals surface area contributed by atoms with Crippen LogP contribution in [0.5, 0.6) is 0 Å². The summed E-state index contributed by atoms with van der Waals surface area (Å²) in [5.41, 5.74) is 0. The van der Waals surface area contributed by atoms with Crippen LogP contribution in [-0.4, -0.2) is 54.1 Å². The molecule has 25 heavy (non-hydrogen) atoms. The Morgan fingerprint density at radius 2 is 1.80 bits per heavy atom. The first-order chi connectivity index (χ1) is 12.1. The van der Waals surface area contributed by atoms with Crippen molar-refractivity contribution in [1.82, 2.24) is 15.5 Å². The standard InChI is InChI=1S/C18H29N3O4/c1-25-16(22)11-15-17(23)20-13-9-5-6-10-14(13)21(15)18(24)19-12-7-3-2-4-8-12/h12-15H,2-11H2,1H3,(H,19,24)(H,20,23)/t13-,14-,15+/m0/s1. The fourth-order valence-corrected chi connectivity index (χ4v) is 4.47.